The molecule has 28 heavy (non-hydrogen) atoms. The van der Waals surface area contributed by atoms with Crippen molar-refractivity contribution in [2.75, 3.05) is 38.1 Å². The summed E-state index contributed by atoms with van der Waals surface area (Å²) in [6.07, 6.45) is 5.55. The first kappa shape index (κ1) is 28.4. The van der Waals surface area contributed by atoms with Crippen molar-refractivity contribution in [2.45, 2.75) is 57.8 Å². The van der Waals surface area contributed by atoms with Crippen molar-refractivity contribution in [2.24, 2.45) is 0 Å². The van der Waals surface area contributed by atoms with Crippen molar-refractivity contribution in [3.63, 3.8) is 0 Å². The molecule has 0 aromatic heterocycles. The summed E-state index contributed by atoms with van der Waals surface area (Å²) in [5.41, 5.74) is 0. The molecule has 0 aliphatic carbocycles. The maximum Gasteiger partial charge on any atom is 0.325 e. The molecule has 10 nitrogen and oxygen atoms in total. The Morgan fingerprint density at radius 2 is 0.679 bits per heavy atom. The zero-order valence-corrected chi connectivity index (χ0v) is 19.0. The minimum Gasteiger partial charge on any atom is -0.324 e. The van der Waals surface area contributed by atoms with E-state index in [1.807, 2.05) is 0 Å². The van der Waals surface area contributed by atoms with Crippen LogP contribution in [0.2, 0.25) is 0 Å². The van der Waals surface area contributed by atoms with E-state index >= 15 is 0 Å². The van der Waals surface area contributed by atoms with Gasteiger partial charge in [0.15, 0.2) is 0 Å². The first-order chi connectivity index (χ1) is 12.8. The average Bonchev–Trinajstić information content (AvgIpc) is 2.49. The molecule has 0 saturated carbocycles. The van der Waals surface area contributed by atoms with Gasteiger partial charge < -0.3 is 34.3 Å². The smallest absolute Gasteiger partial charge is 0.324 e. The zero-order chi connectivity index (χ0) is 21.7. The maximum absolute atomic E-state index is 10.8. The molecular weight excluding hydrogens is 431 g/mol. The fourth-order valence-electron chi connectivity index (χ4n) is 2.83. The average molecular weight is 467 g/mol. The van der Waals surface area contributed by atoms with Crippen LogP contribution < -0.4 is 0 Å². The zero-order valence-electron chi connectivity index (χ0n) is 16.3. The van der Waals surface area contributed by atoms with Crippen LogP contribution in [-0.4, -0.2) is 72.4 Å². The van der Waals surface area contributed by atoms with E-state index < -0.39 is 22.8 Å². The van der Waals surface area contributed by atoms with E-state index in [-0.39, 0.29) is 18.5 Å². The molecule has 0 rings (SSSR count). The molecular formula is C15H36NO9P3. The first-order valence-electron chi connectivity index (χ1n) is 9.65. The van der Waals surface area contributed by atoms with Gasteiger partial charge in [-0.3, -0.25) is 13.7 Å². The van der Waals surface area contributed by atoms with E-state index in [1.54, 1.807) is 0 Å². The van der Waals surface area contributed by atoms with Crippen LogP contribution in [0.25, 0.3) is 0 Å². The minimum atomic E-state index is -3.95. The molecule has 0 unspecified atom stereocenters. The molecule has 0 aromatic carbocycles. The molecule has 0 heterocycles. The van der Waals surface area contributed by atoms with E-state index in [2.05, 4.69) is 4.90 Å². The predicted molar refractivity (Wildman–Crippen MR) is 109 cm³/mol. The van der Waals surface area contributed by atoms with Crippen LogP contribution in [0.15, 0.2) is 0 Å². The highest BCUT2D eigenvalue weighted by atomic mass is 31.2. The Morgan fingerprint density at radius 3 is 0.893 bits per heavy atom. The third-order valence-electron chi connectivity index (χ3n) is 4.27. The summed E-state index contributed by atoms with van der Waals surface area (Å²) in [6.45, 7) is 2.29. The Morgan fingerprint density at radius 1 is 0.429 bits per heavy atom. The van der Waals surface area contributed by atoms with Crippen molar-refractivity contribution in [3.05, 3.63) is 0 Å². The number of rotatable bonds is 18. The highest BCUT2D eigenvalue weighted by Crippen LogP contribution is 2.36. The third kappa shape index (κ3) is 22.7. The Kier molecular flexibility index (Phi) is 14.6. The van der Waals surface area contributed by atoms with Crippen LogP contribution in [-0.2, 0) is 13.7 Å². The Hall–Kier alpha value is 0.410. The topological polar surface area (TPSA) is 176 Å². The van der Waals surface area contributed by atoms with Gasteiger partial charge in [-0.2, -0.15) is 0 Å². The largest absolute Gasteiger partial charge is 0.325 e. The molecule has 170 valence electrons. The Labute approximate surface area is 167 Å². The Bertz CT molecular complexity index is 467. The lowest BCUT2D eigenvalue weighted by atomic mass is 10.2. The Balaban J connectivity index is 4.13. The van der Waals surface area contributed by atoms with Crippen molar-refractivity contribution in [1.82, 2.24) is 4.90 Å². The van der Waals surface area contributed by atoms with Gasteiger partial charge in [0.2, 0.25) is 0 Å². The molecule has 0 aliphatic rings. The first-order valence-corrected chi connectivity index (χ1v) is 15.0. The number of hydrogen-bond acceptors (Lipinski definition) is 4. The van der Waals surface area contributed by atoms with Crippen LogP contribution >= 0.6 is 22.8 Å². The van der Waals surface area contributed by atoms with E-state index in [0.29, 0.717) is 38.5 Å². The summed E-state index contributed by atoms with van der Waals surface area (Å²) < 4.78 is 32.5. The molecule has 0 bridgehead atoms. The normalized spacial score (nSPS) is 13.4. The molecule has 0 amide bonds. The van der Waals surface area contributed by atoms with E-state index in [0.717, 1.165) is 38.9 Å². The van der Waals surface area contributed by atoms with E-state index in [9.17, 15) is 13.7 Å². The molecule has 0 atom stereocenters. The lowest BCUT2D eigenvalue weighted by Gasteiger charge is -2.22. The van der Waals surface area contributed by atoms with E-state index in [4.69, 9.17) is 29.4 Å². The van der Waals surface area contributed by atoms with Gasteiger partial charge >= 0.3 is 22.8 Å². The number of hydrogen-bond donors (Lipinski definition) is 6. The van der Waals surface area contributed by atoms with Crippen LogP contribution in [0, 0.1) is 0 Å². The molecule has 0 radical (unpaired) electrons. The SMILES string of the molecule is O=P(O)(O)CCCCCN(CCCCCP(=O)(O)O)CCCCCP(=O)(O)O. The maximum atomic E-state index is 10.8. The molecule has 0 saturated heterocycles. The second kappa shape index (κ2) is 14.4. The standard InChI is InChI=1S/C15H36NO9P3/c17-26(18,19)13-7-1-4-10-16(11-5-2-8-14-27(20,21)22)12-6-3-9-15-28(23,24)25/h1-15H2,(H2,17,18,19)(H2,20,21,22)(H2,23,24,25). The van der Waals surface area contributed by atoms with Crippen LogP contribution in [0.1, 0.15) is 57.8 Å². The quantitative estimate of drug-likeness (QED) is 0.130. The molecule has 0 spiro atoms. The summed E-state index contributed by atoms with van der Waals surface area (Å²) in [5.74, 6) is 0. The van der Waals surface area contributed by atoms with Crippen molar-refractivity contribution in [1.29, 1.82) is 0 Å². The van der Waals surface area contributed by atoms with Gasteiger partial charge in [-0.25, -0.2) is 0 Å². The van der Waals surface area contributed by atoms with Gasteiger partial charge in [0, 0.05) is 18.5 Å². The van der Waals surface area contributed by atoms with Crippen molar-refractivity contribution < 1.29 is 43.1 Å². The van der Waals surface area contributed by atoms with Crippen molar-refractivity contribution in [3.8, 4) is 0 Å². The lowest BCUT2D eigenvalue weighted by molar-refractivity contribution is 0.256. The second-order valence-corrected chi connectivity index (χ2v) is 12.5. The monoisotopic (exact) mass is 467 g/mol. The second-order valence-electron chi connectivity index (χ2n) is 7.19. The molecule has 13 heteroatoms. The van der Waals surface area contributed by atoms with Crippen LogP contribution in [0.5, 0.6) is 0 Å². The van der Waals surface area contributed by atoms with Crippen LogP contribution in [0.3, 0.4) is 0 Å². The molecule has 0 fully saturated rings. The fraction of sp³-hybridized carbons (Fsp3) is 1.00. The highest BCUT2D eigenvalue weighted by Gasteiger charge is 2.14. The molecule has 0 aliphatic heterocycles. The van der Waals surface area contributed by atoms with Gasteiger partial charge in [-0.15, -0.1) is 0 Å². The summed E-state index contributed by atoms with van der Waals surface area (Å²) >= 11 is 0. The minimum absolute atomic E-state index is 0.113. The fourth-order valence-corrected chi connectivity index (χ4v) is 4.73. The lowest BCUT2D eigenvalue weighted by Crippen LogP contribution is -2.27. The summed E-state index contributed by atoms with van der Waals surface area (Å²) in [4.78, 5) is 55.4. The third-order valence-corrected chi connectivity index (χ3v) is 6.97. The number of unbranched alkanes of at least 4 members (excludes halogenated alkanes) is 6. The predicted octanol–water partition coefficient (Wildman–Crippen LogP) is 2.33. The van der Waals surface area contributed by atoms with Crippen LogP contribution in [0.4, 0.5) is 0 Å². The van der Waals surface area contributed by atoms with Gasteiger partial charge in [0.05, 0.1) is 0 Å². The van der Waals surface area contributed by atoms with Gasteiger partial charge in [-0.05, 0) is 58.2 Å². The highest BCUT2D eigenvalue weighted by molar-refractivity contribution is 7.52. The van der Waals surface area contributed by atoms with Gasteiger partial charge in [-0.1, -0.05) is 19.3 Å². The van der Waals surface area contributed by atoms with Gasteiger partial charge in [0.25, 0.3) is 0 Å². The van der Waals surface area contributed by atoms with Gasteiger partial charge in [0.1, 0.15) is 0 Å². The van der Waals surface area contributed by atoms with Crippen molar-refractivity contribution >= 4 is 22.8 Å². The molecule has 0 aromatic rings. The summed E-state index contributed by atoms with van der Waals surface area (Å²) in [7, 11) is -11.8. The summed E-state index contributed by atoms with van der Waals surface area (Å²) in [5, 5.41) is 0. The summed E-state index contributed by atoms with van der Waals surface area (Å²) in [6, 6.07) is 0. The molecule has 6 N–H and O–H groups in total. The van der Waals surface area contributed by atoms with E-state index in [1.165, 1.54) is 0 Å². The number of nitrogens with zero attached hydrogens (tertiary/aromatic N) is 1.